The molecule has 3 atom stereocenters. The standard InChI is InChI=1S/C11H12F3NO7/c1-4(16)21-8(9(18)20-2)7-5(3-6(17)22-7)15-10(19)11(12,13)14/h5,7-8H,3H2,1-2H3,(H,15,19)/t5-,7-,8-/m0/s1. The highest BCUT2D eigenvalue weighted by Crippen LogP contribution is 2.23. The lowest BCUT2D eigenvalue weighted by molar-refractivity contribution is -0.180. The van der Waals surface area contributed by atoms with Crippen LogP contribution in [0.3, 0.4) is 0 Å². The summed E-state index contributed by atoms with van der Waals surface area (Å²) < 4.78 is 50.4. The SMILES string of the molecule is COC(=O)[C@@H](OC(C)=O)[C@H]1OC(=O)C[C@@H]1NC(=O)C(F)(F)F. The molecule has 8 nitrogen and oxygen atoms in total. The van der Waals surface area contributed by atoms with E-state index in [1.165, 1.54) is 5.32 Å². The van der Waals surface area contributed by atoms with E-state index in [0.29, 0.717) is 0 Å². The molecule has 124 valence electrons. The molecule has 0 radical (unpaired) electrons. The van der Waals surface area contributed by atoms with Crippen LogP contribution in [0.2, 0.25) is 0 Å². The predicted octanol–water partition coefficient (Wildman–Crippen LogP) is -0.546. The van der Waals surface area contributed by atoms with E-state index in [0.717, 1.165) is 14.0 Å². The minimum atomic E-state index is -5.18. The summed E-state index contributed by atoms with van der Waals surface area (Å²) in [5, 5.41) is 1.52. The molecule has 11 heteroatoms. The van der Waals surface area contributed by atoms with Crippen molar-refractivity contribution in [3.05, 3.63) is 0 Å². The van der Waals surface area contributed by atoms with Gasteiger partial charge in [-0.25, -0.2) is 4.79 Å². The van der Waals surface area contributed by atoms with Crippen LogP contribution in [0.5, 0.6) is 0 Å². The molecule has 22 heavy (non-hydrogen) atoms. The van der Waals surface area contributed by atoms with Gasteiger partial charge >= 0.3 is 30.0 Å². The Bertz CT molecular complexity index is 491. The fourth-order valence-electron chi connectivity index (χ4n) is 1.78. The summed E-state index contributed by atoms with van der Waals surface area (Å²) in [4.78, 5) is 44.7. The molecule has 0 saturated carbocycles. The molecule has 1 N–H and O–H groups in total. The first-order valence-electron chi connectivity index (χ1n) is 5.88. The quantitative estimate of drug-likeness (QED) is 0.545. The maximum Gasteiger partial charge on any atom is 0.471 e. The van der Waals surface area contributed by atoms with E-state index < -0.39 is 54.7 Å². The van der Waals surface area contributed by atoms with E-state index >= 15 is 0 Å². The Hall–Kier alpha value is -2.33. The Kier molecular flexibility index (Phi) is 5.33. The van der Waals surface area contributed by atoms with Crippen LogP contribution >= 0.6 is 0 Å². The first kappa shape index (κ1) is 17.7. The molecule has 1 aliphatic heterocycles. The van der Waals surface area contributed by atoms with Crippen molar-refractivity contribution in [3.8, 4) is 0 Å². The van der Waals surface area contributed by atoms with Gasteiger partial charge in [0.25, 0.3) is 0 Å². The van der Waals surface area contributed by atoms with Crippen molar-refractivity contribution in [3.63, 3.8) is 0 Å². The Morgan fingerprint density at radius 3 is 2.41 bits per heavy atom. The van der Waals surface area contributed by atoms with Crippen molar-refractivity contribution in [1.82, 2.24) is 5.32 Å². The van der Waals surface area contributed by atoms with Crippen molar-refractivity contribution in [2.45, 2.75) is 37.8 Å². The number of carbonyl (C=O) groups is 4. The lowest BCUT2D eigenvalue weighted by Gasteiger charge is -2.25. The van der Waals surface area contributed by atoms with Gasteiger partial charge in [0.15, 0.2) is 6.10 Å². The summed E-state index contributed by atoms with van der Waals surface area (Å²) in [5.74, 6) is -5.36. The number of nitrogens with one attached hydrogen (secondary N) is 1. The molecule has 1 heterocycles. The number of amides is 1. The average molecular weight is 327 g/mol. The summed E-state index contributed by atoms with van der Waals surface area (Å²) >= 11 is 0. The molecular formula is C11H12F3NO7. The third-order valence-corrected chi connectivity index (χ3v) is 2.65. The van der Waals surface area contributed by atoms with Gasteiger partial charge in [0, 0.05) is 6.92 Å². The topological polar surface area (TPSA) is 108 Å². The zero-order valence-corrected chi connectivity index (χ0v) is 11.4. The minimum absolute atomic E-state index is 0.610. The number of hydrogen-bond acceptors (Lipinski definition) is 7. The zero-order valence-electron chi connectivity index (χ0n) is 11.4. The second-order valence-corrected chi connectivity index (χ2v) is 4.29. The lowest BCUT2D eigenvalue weighted by Crippen LogP contribution is -2.52. The predicted molar refractivity (Wildman–Crippen MR) is 60.1 cm³/mol. The highest BCUT2D eigenvalue weighted by Gasteiger charge is 2.49. The fraction of sp³-hybridized carbons (Fsp3) is 0.636. The van der Waals surface area contributed by atoms with E-state index in [1.54, 1.807) is 0 Å². The number of hydrogen-bond donors (Lipinski definition) is 1. The number of rotatable bonds is 4. The van der Waals surface area contributed by atoms with Gasteiger partial charge in [-0.05, 0) is 0 Å². The fourth-order valence-corrected chi connectivity index (χ4v) is 1.78. The number of methoxy groups -OCH3 is 1. The molecule has 0 aromatic rings. The van der Waals surface area contributed by atoms with Crippen LogP contribution in [0.15, 0.2) is 0 Å². The number of esters is 3. The monoisotopic (exact) mass is 327 g/mol. The van der Waals surface area contributed by atoms with Crippen LogP contribution in [0, 0.1) is 0 Å². The summed E-state index contributed by atoms with van der Waals surface area (Å²) in [6, 6.07) is -1.50. The van der Waals surface area contributed by atoms with Gasteiger partial charge in [-0.2, -0.15) is 13.2 Å². The van der Waals surface area contributed by atoms with Gasteiger partial charge in [0.05, 0.1) is 19.6 Å². The molecule has 1 rings (SSSR count). The normalized spacial score (nSPS) is 22.5. The third kappa shape index (κ3) is 4.33. The second-order valence-electron chi connectivity index (χ2n) is 4.29. The van der Waals surface area contributed by atoms with Crippen molar-refractivity contribution < 1.29 is 46.6 Å². The average Bonchev–Trinajstić information content (AvgIpc) is 2.74. The van der Waals surface area contributed by atoms with E-state index in [9.17, 15) is 32.3 Å². The Labute approximate surface area is 121 Å². The van der Waals surface area contributed by atoms with Crippen LogP contribution in [-0.2, 0) is 33.4 Å². The van der Waals surface area contributed by atoms with Crippen LogP contribution in [-0.4, -0.2) is 55.4 Å². The minimum Gasteiger partial charge on any atom is -0.466 e. The third-order valence-electron chi connectivity index (χ3n) is 2.65. The van der Waals surface area contributed by atoms with Gasteiger partial charge < -0.3 is 19.5 Å². The van der Waals surface area contributed by atoms with Crippen molar-refractivity contribution in [1.29, 1.82) is 0 Å². The molecule has 1 amide bonds. The largest absolute Gasteiger partial charge is 0.471 e. The first-order chi connectivity index (χ1) is 10.1. The van der Waals surface area contributed by atoms with Crippen LogP contribution in [0.4, 0.5) is 13.2 Å². The molecule has 1 aliphatic rings. The van der Waals surface area contributed by atoms with Gasteiger partial charge in [-0.1, -0.05) is 0 Å². The maximum absolute atomic E-state index is 12.2. The Balaban J connectivity index is 2.96. The Morgan fingerprint density at radius 2 is 1.95 bits per heavy atom. The van der Waals surface area contributed by atoms with Gasteiger partial charge in [0.2, 0.25) is 6.10 Å². The molecule has 1 saturated heterocycles. The smallest absolute Gasteiger partial charge is 0.466 e. The number of ether oxygens (including phenoxy) is 3. The molecule has 0 unspecified atom stereocenters. The molecule has 1 fully saturated rings. The van der Waals surface area contributed by atoms with E-state index in [1.807, 2.05) is 0 Å². The molecule has 0 bridgehead atoms. The first-order valence-corrected chi connectivity index (χ1v) is 5.88. The number of carbonyl (C=O) groups excluding carboxylic acids is 4. The molecule has 0 aromatic heterocycles. The van der Waals surface area contributed by atoms with Crippen molar-refractivity contribution >= 4 is 23.8 Å². The number of alkyl halides is 3. The van der Waals surface area contributed by atoms with Crippen LogP contribution < -0.4 is 5.32 Å². The molecule has 0 aliphatic carbocycles. The number of halogens is 3. The molecule has 0 aromatic carbocycles. The van der Waals surface area contributed by atoms with E-state index in [-0.39, 0.29) is 0 Å². The zero-order chi connectivity index (χ0) is 17.1. The van der Waals surface area contributed by atoms with Crippen molar-refractivity contribution in [2.24, 2.45) is 0 Å². The maximum atomic E-state index is 12.2. The van der Waals surface area contributed by atoms with Gasteiger partial charge in [-0.15, -0.1) is 0 Å². The molecule has 0 spiro atoms. The summed E-state index contributed by atoms with van der Waals surface area (Å²) in [6.45, 7) is 0.940. The summed E-state index contributed by atoms with van der Waals surface area (Å²) in [5.41, 5.74) is 0. The summed E-state index contributed by atoms with van der Waals surface area (Å²) in [7, 11) is 0.943. The lowest BCUT2D eigenvalue weighted by atomic mass is 10.0. The van der Waals surface area contributed by atoms with Crippen LogP contribution in [0.1, 0.15) is 13.3 Å². The number of cyclic esters (lactones) is 1. The summed E-state index contributed by atoms with van der Waals surface area (Å²) in [6.07, 6.45) is -9.19. The van der Waals surface area contributed by atoms with Crippen molar-refractivity contribution in [2.75, 3.05) is 7.11 Å². The van der Waals surface area contributed by atoms with Gasteiger partial charge in [0.1, 0.15) is 0 Å². The highest BCUT2D eigenvalue weighted by molar-refractivity contribution is 5.85. The van der Waals surface area contributed by atoms with Crippen LogP contribution in [0.25, 0.3) is 0 Å². The van der Waals surface area contributed by atoms with E-state index in [2.05, 4.69) is 14.2 Å². The molecular weight excluding hydrogens is 315 g/mol. The highest BCUT2D eigenvalue weighted by atomic mass is 19.4. The van der Waals surface area contributed by atoms with E-state index in [4.69, 9.17) is 0 Å². The van der Waals surface area contributed by atoms with Gasteiger partial charge in [-0.3, -0.25) is 14.4 Å². The second kappa shape index (κ2) is 6.62. The Morgan fingerprint density at radius 1 is 1.36 bits per heavy atom.